The van der Waals surface area contributed by atoms with Crippen molar-refractivity contribution >= 4 is 27.5 Å². The summed E-state index contributed by atoms with van der Waals surface area (Å²) in [7, 11) is 0. The highest BCUT2D eigenvalue weighted by molar-refractivity contribution is 9.10. The first-order valence-corrected chi connectivity index (χ1v) is 7.95. The molecule has 1 unspecified atom stereocenters. The third kappa shape index (κ3) is 2.44. The highest BCUT2D eigenvalue weighted by Crippen LogP contribution is 2.32. The first-order valence-electron chi connectivity index (χ1n) is 7.15. The number of amides is 1. The van der Waals surface area contributed by atoms with E-state index >= 15 is 0 Å². The predicted octanol–water partition coefficient (Wildman–Crippen LogP) is 2.28. The molecule has 2 saturated heterocycles. The molecule has 0 saturated carbocycles. The van der Waals surface area contributed by atoms with Gasteiger partial charge in [0.25, 0.3) is 0 Å². The number of benzene rings is 1. The van der Waals surface area contributed by atoms with Crippen LogP contribution in [0.3, 0.4) is 0 Å². The summed E-state index contributed by atoms with van der Waals surface area (Å²) in [6.07, 6.45) is 1.70. The van der Waals surface area contributed by atoms with E-state index < -0.39 is 0 Å². The quantitative estimate of drug-likeness (QED) is 0.900. The molecular weight excluding hydrogens is 318 g/mol. The second-order valence-corrected chi connectivity index (χ2v) is 6.58. The zero-order valence-corrected chi connectivity index (χ0v) is 13.3. The zero-order chi connectivity index (χ0) is 14.3. The lowest BCUT2D eigenvalue weighted by atomic mass is 10.1. The van der Waals surface area contributed by atoms with Crippen LogP contribution in [0.4, 0.5) is 5.69 Å². The van der Waals surface area contributed by atoms with Gasteiger partial charge in [-0.3, -0.25) is 4.79 Å². The SMILES string of the molecule is C[C@H](N)c1ccc(N2CCN3C(=O)CCC3C2)c(Br)c1. The number of piperazine rings is 1. The van der Waals surface area contributed by atoms with Crippen molar-refractivity contribution in [2.24, 2.45) is 5.73 Å². The number of hydrogen-bond donors (Lipinski definition) is 1. The fourth-order valence-electron chi connectivity index (χ4n) is 3.15. The summed E-state index contributed by atoms with van der Waals surface area (Å²) in [6, 6.07) is 6.76. The Labute approximate surface area is 128 Å². The van der Waals surface area contributed by atoms with Crippen LogP contribution in [-0.4, -0.2) is 36.5 Å². The van der Waals surface area contributed by atoms with E-state index in [1.54, 1.807) is 0 Å². The Morgan fingerprint density at radius 1 is 1.40 bits per heavy atom. The first kappa shape index (κ1) is 13.9. The third-order valence-electron chi connectivity index (χ3n) is 4.33. The molecule has 0 aromatic heterocycles. The molecule has 5 heteroatoms. The van der Waals surface area contributed by atoms with Crippen LogP contribution in [0, 0.1) is 0 Å². The van der Waals surface area contributed by atoms with Gasteiger partial charge < -0.3 is 15.5 Å². The molecule has 1 aromatic rings. The third-order valence-corrected chi connectivity index (χ3v) is 4.97. The number of nitrogens with zero attached hydrogens (tertiary/aromatic N) is 2. The van der Waals surface area contributed by atoms with Gasteiger partial charge in [0.05, 0.1) is 5.69 Å². The van der Waals surface area contributed by atoms with Gasteiger partial charge in [0.1, 0.15) is 0 Å². The minimum absolute atomic E-state index is 0.0460. The molecule has 3 rings (SSSR count). The minimum atomic E-state index is 0.0460. The zero-order valence-electron chi connectivity index (χ0n) is 11.7. The maximum atomic E-state index is 11.7. The fourth-order valence-corrected chi connectivity index (χ4v) is 3.79. The Bertz CT molecular complexity index is 532. The minimum Gasteiger partial charge on any atom is -0.367 e. The molecule has 0 spiro atoms. The van der Waals surface area contributed by atoms with E-state index in [-0.39, 0.29) is 6.04 Å². The number of nitrogens with two attached hydrogens (primary N) is 1. The Morgan fingerprint density at radius 2 is 2.20 bits per heavy atom. The second kappa shape index (κ2) is 5.37. The van der Waals surface area contributed by atoms with Gasteiger partial charge in [-0.05, 0) is 47.0 Å². The number of rotatable bonds is 2. The van der Waals surface area contributed by atoms with Crippen LogP contribution < -0.4 is 10.6 Å². The summed E-state index contributed by atoms with van der Waals surface area (Å²) < 4.78 is 1.09. The molecule has 2 N–H and O–H groups in total. The monoisotopic (exact) mass is 337 g/mol. The van der Waals surface area contributed by atoms with Gasteiger partial charge in [-0.15, -0.1) is 0 Å². The van der Waals surface area contributed by atoms with Crippen molar-refractivity contribution in [1.82, 2.24) is 4.90 Å². The van der Waals surface area contributed by atoms with Crippen LogP contribution in [0.1, 0.15) is 31.4 Å². The molecule has 2 atom stereocenters. The summed E-state index contributed by atoms with van der Waals surface area (Å²) in [5.74, 6) is 0.320. The highest BCUT2D eigenvalue weighted by atomic mass is 79.9. The lowest BCUT2D eigenvalue weighted by molar-refractivity contribution is -0.129. The van der Waals surface area contributed by atoms with Gasteiger partial charge in [-0.1, -0.05) is 6.07 Å². The molecule has 1 amide bonds. The van der Waals surface area contributed by atoms with E-state index in [1.165, 1.54) is 5.69 Å². The molecule has 2 fully saturated rings. The number of hydrogen-bond acceptors (Lipinski definition) is 3. The van der Waals surface area contributed by atoms with E-state index in [0.717, 1.165) is 36.1 Å². The number of halogens is 1. The lowest BCUT2D eigenvalue weighted by Gasteiger charge is -2.39. The van der Waals surface area contributed by atoms with E-state index in [0.29, 0.717) is 18.4 Å². The normalized spacial score (nSPS) is 23.9. The Hall–Kier alpha value is -1.07. The standard InChI is InChI=1S/C15H20BrN3O/c1-10(17)11-2-4-14(13(16)8-11)18-6-7-19-12(9-18)3-5-15(19)20/h2,4,8,10,12H,3,5-7,9,17H2,1H3/t10-,12?/m0/s1. The lowest BCUT2D eigenvalue weighted by Crippen LogP contribution is -2.51. The van der Waals surface area contributed by atoms with Crippen molar-refractivity contribution in [3.05, 3.63) is 28.2 Å². The van der Waals surface area contributed by atoms with Crippen LogP contribution in [-0.2, 0) is 4.79 Å². The van der Waals surface area contributed by atoms with Gasteiger partial charge in [0, 0.05) is 42.6 Å². The molecule has 1 aromatic carbocycles. The van der Waals surface area contributed by atoms with Crippen molar-refractivity contribution in [3.8, 4) is 0 Å². The topological polar surface area (TPSA) is 49.6 Å². The Kier molecular flexibility index (Phi) is 3.73. The number of carbonyl (C=O) groups is 1. The van der Waals surface area contributed by atoms with Crippen LogP contribution in [0.2, 0.25) is 0 Å². The van der Waals surface area contributed by atoms with Crippen LogP contribution in [0.15, 0.2) is 22.7 Å². The maximum absolute atomic E-state index is 11.7. The van der Waals surface area contributed by atoms with E-state index in [4.69, 9.17) is 5.73 Å². The molecule has 0 radical (unpaired) electrons. The summed E-state index contributed by atoms with van der Waals surface area (Å²) in [4.78, 5) is 16.1. The summed E-state index contributed by atoms with van der Waals surface area (Å²) in [5.41, 5.74) is 8.25. The van der Waals surface area contributed by atoms with Gasteiger partial charge in [-0.25, -0.2) is 0 Å². The molecule has 20 heavy (non-hydrogen) atoms. The van der Waals surface area contributed by atoms with Crippen LogP contribution in [0.25, 0.3) is 0 Å². The smallest absolute Gasteiger partial charge is 0.223 e. The summed E-state index contributed by atoms with van der Waals surface area (Å²) in [5, 5.41) is 0. The van der Waals surface area contributed by atoms with E-state index in [9.17, 15) is 4.79 Å². The predicted molar refractivity (Wildman–Crippen MR) is 83.7 cm³/mol. The Morgan fingerprint density at radius 3 is 2.90 bits per heavy atom. The molecular formula is C15H20BrN3O. The molecule has 0 bridgehead atoms. The van der Waals surface area contributed by atoms with Crippen molar-refractivity contribution in [3.63, 3.8) is 0 Å². The molecule has 4 nitrogen and oxygen atoms in total. The second-order valence-electron chi connectivity index (χ2n) is 5.73. The highest BCUT2D eigenvalue weighted by Gasteiger charge is 2.35. The van der Waals surface area contributed by atoms with Crippen molar-refractivity contribution < 1.29 is 4.79 Å². The van der Waals surface area contributed by atoms with Crippen LogP contribution >= 0.6 is 15.9 Å². The number of carbonyl (C=O) groups excluding carboxylic acids is 1. The van der Waals surface area contributed by atoms with Gasteiger partial charge in [0.2, 0.25) is 5.91 Å². The molecule has 2 aliphatic heterocycles. The number of fused-ring (bicyclic) bond motifs is 1. The molecule has 2 aliphatic rings. The summed E-state index contributed by atoms with van der Waals surface area (Å²) in [6.45, 7) is 4.66. The Balaban J connectivity index is 1.79. The average Bonchev–Trinajstić information content (AvgIpc) is 2.79. The maximum Gasteiger partial charge on any atom is 0.223 e. The fraction of sp³-hybridized carbons (Fsp3) is 0.533. The molecule has 108 valence electrons. The summed E-state index contributed by atoms with van der Waals surface area (Å²) >= 11 is 3.66. The van der Waals surface area contributed by atoms with Gasteiger partial charge in [-0.2, -0.15) is 0 Å². The first-order chi connectivity index (χ1) is 9.56. The van der Waals surface area contributed by atoms with Gasteiger partial charge in [0.15, 0.2) is 0 Å². The van der Waals surface area contributed by atoms with E-state index in [2.05, 4.69) is 39.0 Å². The van der Waals surface area contributed by atoms with Crippen LogP contribution in [0.5, 0.6) is 0 Å². The largest absolute Gasteiger partial charge is 0.367 e. The van der Waals surface area contributed by atoms with Crippen molar-refractivity contribution in [1.29, 1.82) is 0 Å². The molecule has 2 heterocycles. The molecule has 0 aliphatic carbocycles. The van der Waals surface area contributed by atoms with Gasteiger partial charge >= 0.3 is 0 Å². The van der Waals surface area contributed by atoms with E-state index in [1.807, 2.05) is 11.8 Å². The average molecular weight is 338 g/mol. The van der Waals surface area contributed by atoms with Crippen molar-refractivity contribution in [2.75, 3.05) is 24.5 Å². The van der Waals surface area contributed by atoms with Crippen molar-refractivity contribution in [2.45, 2.75) is 31.8 Å². The number of anilines is 1.